The van der Waals surface area contributed by atoms with E-state index in [0.29, 0.717) is 13.2 Å². The summed E-state index contributed by atoms with van der Waals surface area (Å²) in [4.78, 5) is 25.6. The molecule has 138 valence electrons. The van der Waals surface area contributed by atoms with Crippen LogP contribution in [-0.4, -0.2) is 48.7 Å². The molecule has 2 aliphatic heterocycles. The van der Waals surface area contributed by atoms with E-state index in [0.717, 1.165) is 45.4 Å². The third kappa shape index (κ3) is 3.17. The predicted molar refractivity (Wildman–Crippen MR) is 107 cm³/mol. The van der Waals surface area contributed by atoms with Crippen LogP contribution < -0.4 is 9.80 Å². The number of fused-ring (bicyclic) bond motifs is 1. The van der Waals surface area contributed by atoms with Crippen LogP contribution in [0.25, 0.3) is 20.8 Å². The average molecular weight is 380 g/mol. The standard InChI is InChI=1S/C20H20N4O2S/c25-19-13-26-10-9-24(19)15-4-5-17-16(11-15)22-20(27-17)14-3-6-18(21-12-14)23-7-1-2-8-23/h3-6,11-12H,1-2,7-10,13H2. The fourth-order valence-corrected chi connectivity index (χ4v) is 4.58. The first-order valence-corrected chi connectivity index (χ1v) is 10.1. The number of benzene rings is 1. The second-order valence-electron chi connectivity index (χ2n) is 6.87. The molecule has 2 fully saturated rings. The maximum atomic E-state index is 12.1. The van der Waals surface area contributed by atoms with Gasteiger partial charge >= 0.3 is 0 Å². The number of anilines is 2. The molecule has 0 saturated carbocycles. The number of morpholine rings is 1. The molecule has 5 rings (SSSR count). The Labute approximate surface area is 161 Å². The van der Waals surface area contributed by atoms with E-state index in [-0.39, 0.29) is 12.5 Å². The van der Waals surface area contributed by atoms with Crippen LogP contribution in [0, 0.1) is 0 Å². The van der Waals surface area contributed by atoms with Crippen molar-refractivity contribution in [3.05, 3.63) is 36.5 Å². The number of hydrogen-bond donors (Lipinski definition) is 0. The summed E-state index contributed by atoms with van der Waals surface area (Å²) >= 11 is 1.65. The van der Waals surface area contributed by atoms with E-state index in [1.54, 1.807) is 16.2 Å². The molecule has 2 aromatic heterocycles. The lowest BCUT2D eigenvalue weighted by molar-refractivity contribution is -0.125. The number of carbonyl (C=O) groups excluding carboxylic acids is 1. The summed E-state index contributed by atoms with van der Waals surface area (Å²) in [5.74, 6) is 1.04. The van der Waals surface area contributed by atoms with Crippen molar-refractivity contribution in [1.29, 1.82) is 0 Å². The van der Waals surface area contributed by atoms with Crippen molar-refractivity contribution in [1.82, 2.24) is 9.97 Å². The Kier molecular flexibility index (Phi) is 4.26. The lowest BCUT2D eigenvalue weighted by Gasteiger charge is -2.26. The van der Waals surface area contributed by atoms with Gasteiger partial charge in [0.25, 0.3) is 5.91 Å². The summed E-state index contributed by atoms with van der Waals surface area (Å²) in [6.07, 6.45) is 4.41. The Morgan fingerprint density at radius 2 is 1.96 bits per heavy atom. The van der Waals surface area contributed by atoms with Crippen LogP contribution in [0.5, 0.6) is 0 Å². The monoisotopic (exact) mass is 380 g/mol. The van der Waals surface area contributed by atoms with E-state index in [1.807, 2.05) is 24.4 Å². The van der Waals surface area contributed by atoms with Crippen molar-refractivity contribution in [2.24, 2.45) is 0 Å². The van der Waals surface area contributed by atoms with Gasteiger partial charge < -0.3 is 14.5 Å². The number of amides is 1. The van der Waals surface area contributed by atoms with Crippen LogP contribution >= 0.6 is 11.3 Å². The Morgan fingerprint density at radius 3 is 2.74 bits per heavy atom. The fourth-order valence-electron chi connectivity index (χ4n) is 3.64. The maximum Gasteiger partial charge on any atom is 0.253 e. The van der Waals surface area contributed by atoms with E-state index < -0.39 is 0 Å². The van der Waals surface area contributed by atoms with Crippen LogP contribution in [0.3, 0.4) is 0 Å². The van der Waals surface area contributed by atoms with Crippen LogP contribution in [0.1, 0.15) is 12.8 Å². The SMILES string of the molecule is O=C1COCCN1c1ccc2sc(-c3ccc(N4CCCC4)nc3)nc2c1. The van der Waals surface area contributed by atoms with Gasteiger partial charge in [-0.1, -0.05) is 0 Å². The number of nitrogens with zero attached hydrogens (tertiary/aromatic N) is 4. The van der Waals surface area contributed by atoms with E-state index in [2.05, 4.69) is 22.0 Å². The lowest BCUT2D eigenvalue weighted by Crippen LogP contribution is -2.41. The molecule has 0 radical (unpaired) electrons. The zero-order valence-corrected chi connectivity index (χ0v) is 15.7. The van der Waals surface area contributed by atoms with Gasteiger partial charge in [-0.3, -0.25) is 4.79 Å². The molecule has 4 heterocycles. The highest BCUT2D eigenvalue weighted by Gasteiger charge is 2.21. The highest BCUT2D eigenvalue weighted by Crippen LogP contribution is 2.33. The van der Waals surface area contributed by atoms with Gasteiger partial charge in [-0.25, -0.2) is 9.97 Å². The van der Waals surface area contributed by atoms with Crippen molar-refractivity contribution < 1.29 is 9.53 Å². The maximum absolute atomic E-state index is 12.1. The molecule has 2 saturated heterocycles. The van der Waals surface area contributed by atoms with E-state index >= 15 is 0 Å². The lowest BCUT2D eigenvalue weighted by atomic mass is 10.2. The Balaban J connectivity index is 1.43. The molecule has 6 nitrogen and oxygen atoms in total. The normalized spacial score (nSPS) is 17.9. The molecule has 0 N–H and O–H groups in total. The molecule has 1 amide bonds. The molecule has 2 aliphatic rings. The zero-order chi connectivity index (χ0) is 18.2. The molecule has 1 aromatic carbocycles. The van der Waals surface area contributed by atoms with Crippen molar-refractivity contribution >= 4 is 39.0 Å². The average Bonchev–Trinajstić information content (AvgIpc) is 3.38. The van der Waals surface area contributed by atoms with Crippen molar-refractivity contribution in [2.75, 3.05) is 42.6 Å². The predicted octanol–water partition coefficient (Wildman–Crippen LogP) is 3.32. The highest BCUT2D eigenvalue weighted by molar-refractivity contribution is 7.21. The second-order valence-corrected chi connectivity index (χ2v) is 7.90. The molecule has 0 aliphatic carbocycles. The number of aromatic nitrogens is 2. The van der Waals surface area contributed by atoms with Crippen LogP contribution in [-0.2, 0) is 9.53 Å². The summed E-state index contributed by atoms with van der Waals surface area (Å²) in [5, 5.41) is 0.955. The van der Waals surface area contributed by atoms with Crippen molar-refractivity contribution in [3.63, 3.8) is 0 Å². The van der Waals surface area contributed by atoms with E-state index in [1.165, 1.54) is 12.8 Å². The molecule has 27 heavy (non-hydrogen) atoms. The van der Waals surface area contributed by atoms with Gasteiger partial charge in [0.2, 0.25) is 0 Å². The topological polar surface area (TPSA) is 58.6 Å². The van der Waals surface area contributed by atoms with Crippen molar-refractivity contribution in [2.45, 2.75) is 12.8 Å². The minimum atomic E-state index is -0.00208. The van der Waals surface area contributed by atoms with Crippen LogP contribution in [0.2, 0.25) is 0 Å². The molecule has 7 heteroatoms. The van der Waals surface area contributed by atoms with Gasteiger partial charge in [0, 0.05) is 37.1 Å². The molecular formula is C20H20N4O2S. The summed E-state index contributed by atoms with van der Waals surface area (Å²) < 4.78 is 6.32. The number of thiazole rings is 1. The Morgan fingerprint density at radius 1 is 1.07 bits per heavy atom. The molecular weight excluding hydrogens is 360 g/mol. The number of pyridine rings is 1. The fraction of sp³-hybridized carbons (Fsp3) is 0.350. The van der Waals surface area contributed by atoms with E-state index in [4.69, 9.17) is 9.72 Å². The molecule has 0 bridgehead atoms. The van der Waals surface area contributed by atoms with Crippen molar-refractivity contribution in [3.8, 4) is 10.6 Å². The van der Waals surface area contributed by atoms with Gasteiger partial charge in [-0.15, -0.1) is 11.3 Å². The largest absolute Gasteiger partial charge is 0.370 e. The number of ether oxygens (including phenoxy) is 1. The number of hydrogen-bond acceptors (Lipinski definition) is 6. The highest BCUT2D eigenvalue weighted by atomic mass is 32.1. The third-order valence-electron chi connectivity index (χ3n) is 5.09. The van der Waals surface area contributed by atoms with Gasteiger partial charge in [0.05, 0.1) is 16.8 Å². The summed E-state index contributed by atoms with van der Waals surface area (Å²) in [6, 6.07) is 10.2. The quantitative estimate of drug-likeness (QED) is 0.698. The van der Waals surface area contributed by atoms with Crippen LogP contribution in [0.15, 0.2) is 36.5 Å². The second kappa shape index (κ2) is 6.90. The molecule has 0 atom stereocenters. The van der Waals surface area contributed by atoms with E-state index in [9.17, 15) is 4.79 Å². The Bertz CT molecular complexity index is 979. The summed E-state index contributed by atoms with van der Waals surface area (Å²) in [5.41, 5.74) is 2.83. The zero-order valence-electron chi connectivity index (χ0n) is 14.9. The minimum Gasteiger partial charge on any atom is -0.370 e. The molecule has 3 aromatic rings. The summed E-state index contributed by atoms with van der Waals surface area (Å²) in [7, 11) is 0. The van der Waals surface area contributed by atoms with Gasteiger partial charge in [-0.2, -0.15) is 0 Å². The van der Waals surface area contributed by atoms with Gasteiger partial charge in [0.1, 0.15) is 17.4 Å². The number of rotatable bonds is 3. The smallest absolute Gasteiger partial charge is 0.253 e. The minimum absolute atomic E-state index is 0.00208. The molecule has 0 spiro atoms. The van der Waals surface area contributed by atoms with Gasteiger partial charge in [0.15, 0.2) is 0 Å². The summed E-state index contributed by atoms with van der Waals surface area (Å²) in [6.45, 7) is 3.49. The Hall–Kier alpha value is -2.51. The van der Waals surface area contributed by atoms with Crippen LogP contribution in [0.4, 0.5) is 11.5 Å². The molecule has 0 unspecified atom stereocenters. The first-order valence-electron chi connectivity index (χ1n) is 9.28. The number of carbonyl (C=O) groups is 1. The first-order chi connectivity index (χ1) is 13.3. The first kappa shape index (κ1) is 16.6. The van der Waals surface area contributed by atoms with Gasteiger partial charge in [-0.05, 0) is 43.2 Å². The third-order valence-corrected chi connectivity index (χ3v) is 6.18.